The van der Waals surface area contributed by atoms with Gasteiger partial charge in [0.1, 0.15) is 6.10 Å². The van der Waals surface area contributed by atoms with Crippen molar-refractivity contribution in [1.29, 1.82) is 0 Å². The maximum atomic E-state index is 13.1. The lowest BCUT2D eigenvalue weighted by atomic mass is 9.98. The van der Waals surface area contributed by atoms with Crippen molar-refractivity contribution < 1.29 is 22.7 Å². The molecule has 2 atom stereocenters. The number of anilines is 1. The molecule has 0 radical (unpaired) electrons. The molecule has 1 aliphatic heterocycles. The van der Waals surface area contributed by atoms with Crippen molar-refractivity contribution in [2.45, 2.75) is 38.7 Å². The molecule has 1 fully saturated rings. The summed E-state index contributed by atoms with van der Waals surface area (Å²) >= 11 is 3.42. The summed E-state index contributed by atoms with van der Waals surface area (Å²) in [7, 11) is 0. The molecule has 0 saturated carbocycles. The second-order valence-electron chi connectivity index (χ2n) is 6.65. The van der Waals surface area contributed by atoms with E-state index < -0.39 is 30.0 Å². The van der Waals surface area contributed by atoms with E-state index in [2.05, 4.69) is 15.9 Å². The van der Waals surface area contributed by atoms with E-state index in [-0.39, 0.29) is 6.54 Å². The van der Waals surface area contributed by atoms with E-state index >= 15 is 0 Å². The van der Waals surface area contributed by atoms with Crippen molar-refractivity contribution in [3.8, 4) is 0 Å². The van der Waals surface area contributed by atoms with Crippen molar-refractivity contribution in [1.82, 2.24) is 4.90 Å². The van der Waals surface area contributed by atoms with Crippen molar-refractivity contribution in [3.63, 3.8) is 0 Å². The molecule has 8 heteroatoms. The quantitative estimate of drug-likeness (QED) is 0.643. The van der Waals surface area contributed by atoms with Gasteiger partial charge in [-0.05, 0) is 55.3 Å². The van der Waals surface area contributed by atoms with Gasteiger partial charge >= 0.3 is 12.3 Å². The summed E-state index contributed by atoms with van der Waals surface area (Å²) in [6.45, 7) is 3.58. The summed E-state index contributed by atoms with van der Waals surface area (Å²) in [5, 5.41) is 0. The zero-order valence-corrected chi connectivity index (χ0v) is 16.3. The standard InChI is InChI=1S/C19H18BrF3N2O2/c1-10-5-12(7-14(6-10)19(21,22)23)17-11(2)25(18(26)27-17)9-13-8-15(24)3-4-16(13)20/h3-8,11,17H,9,24H2,1-2H3/t11-,17?/m0/s1. The fourth-order valence-electron chi connectivity index (χ4n) is 3.20. The number of aryl methyl sites for hydroxylation is 1. The number of ether oxygens (including phenoxy) is 1. The molecule has 144 valence electrons. The number of carbonyl (C=O) groups excluding carboxylic acids is 1. The van der Waals surface area contributed by atoms with Crippen molar-refractivity contribution >= 4 is 27.7 Å². The number of amides is 1. The first-order valence-electron chi connectivity index (χ1n) is 8.26. The summed E-state index contributed by atoms with van der Waals surface area (Å²) in [6.07, 6.45) is -5.81. The Morgan fingerprint density at radius 1 is 1.22 bits per heavy atom. The molecule has 27 heavy (non-hydrogen) atoms. The van der Waals surface area contributed by atoms with Crippen molar-refractivity contribution in [3.05, 3.63) is 63.1 Å². The van der Waals surface area contributed by atoms with Gasteiger partial charge in [-0.25, -0.2) is 4.79 Å². The Labute approximate surface area is 163 Å². The van der Waals surface area contributed by atoms with Crippen LogP contribution in [0.25, 0.3) is 0 Å². The molecule has 1 aliphatic rings. The molecular weight excluding hydrogens is 425 g/mol. The van der Waals surface area contributed by atoms with E-state index in [1.54, 1.807) is 38.1 Å². The van der Waals surface area contributed by atoms with Gasteiger partial charge in [-0.1, -0.05) is 27.6 Å². The van der Waals surface area contributed by atoms with Crippen LogP contribution in [0.2, 0.25) is 0 Å². The lowest BCUT2D eigenvalue weighted by Gasteiger charge is -2.22. The number of nitrogens with zero attached hydrogens (tertiary/aromatic N) is 1. The second kappa shape index (κ2) is 7.07. The van der Waals surface area contributed by atoms with Crippen LogP contribution in [0, 0.1) is 6.92 Å². The van der Waals surface area contributed by atoms with Crippen LogP contribution in [0.5, 0.6) is 0 Å². The molecule has 3 rings (SSSR count). The Balaban J connectivity index is 1.89. The molecule has 1 saturated heterocycles. The SMILES string of the molecule is Cc1cc(C2OC(=O)N(Cc3cc(N)ccc3Br)[C@H]2C)cc(C(F)(F)F)c1. The zero-order valence-electron chi connectivity index (χ0n) is 14.7. The summed E-state index contributed by atoms with van der Waals surface area (Å²) in [6, 6.07) is 8.55. The number of hydrogen-bond donors (Lipinski definition) is 1. The second-order valence-corrected chi connectivity index (χ2v) is 7.51. The molecule has 2 aromatic rings. The van der Waals surface area contributed by atoms with E-state index in [9.17, 15) is 18.0 Å². The molecule has 0 spiro atoms. The Bertz CT molecular complexity index is 886. The molecule has 2 aromatic carbocycles. The average molecular weight is 443 g/mol. The molecular formula is C19H18BrF3N2O2. The third kappa shape index (κ3) is 4.05. The Kier molecular flexibility index (Phi) is 5.12. The third-order valence-electron chi connectivity index (χ3n) is 4.56. The van der Waals surface area contributed by atoms with Gasteiger partial charge in [0.25, 0.3) is 0 Å². The van der Waals surface area contributed by atoms with E-state index in [4.69, 9.17) is 10.5 Å². The first-order chi connectivity index (χ1) is 12.6. The fraction of sp³-hybridized carbons (Fsp3) is 0.316. The zero-order chi connectivity index (χ0) is 19.9. The lowest BCUT2D eigenvalue weighted by Crippen LogP contribution is -2.31. The lowest BCUT2D eigenvalue weighted by molar-refractivity contribution is -0.137. The Hall–Kier alpha value is -2.22. The maximum Gasteiger partial charge on any atom is 0.416 e. The third-order valence-corrected chi connectivity index (χ3v) is 5.33. The molecule has 1 unspecified atom stereocenters. The first-order valence-corrected chi connectivity index (χ1v) is 9.05. The normalized spacial score (nSPS) is 20.1. The predicted molar refractivity (Wildman–Crippen MR) is 99.0 cm³/mol. The summed E-state index contributed by atoms with van der Waals surface area (Å²) in [4.78, 5) is 13.9. The van der Waals surface area contributed by atoms with Crippen LogP contribution in [0.15, 0.2) is 40.9 Å². The summed E-state index contributed by atoms with van der Waals surface area (Å²) < 4.78 is 45.6. The fourth-order valence-corrected chi connectivity index (χ4v) is 3.57. The molecule has 1 heterocycles. The predicted octanol–water partition coefficient (Wildman–Crippen LogP) is 5.44. The van der Waals surface area contributed by atoms with E-state index in [1.165, 1.54) is 4.90 Å². The van der Waals surface area contributed by atoms with E-state index in [1.807, 2.05) is 0 Å². The summed E-state index contributed by atoms with van der Waals surface area (Å²) in [5.74, 6) is 0. The number of rotatable bonds is 3. The highest BCUT2D eigenvalue weighted by atomic mass is 79.9. The van der Waals surface area contributed by atoms with Gasteiger partial charge in [0.2, 0.25) is 0 Å². The largest absolute Gasteiger partial charge is 0.439 e. The number of nitrogen functional groups attached to an aromatic ring is 1. The van der Waals surface area contributed by atoms with E-state index in [0.29, 0.717) is 16.8 Å². The number of halogens is 4. The highest BCUT2D eigenvalue weighted by molar-refractivity contribution is 9.10. The minimum absolute atomic E-state index is 0.236. The average Bonchev–Trinajstić information content (AvgIpc) is 2.85. The van der Waals surface area contributed by atoms with Gasteiger partial charge in [-0.3, -0.25) is 4.90 Å². The van der Waals surface area contributed by atoms with Crippen LogP contribution in [0.4, 0.5) is 23.7 Å². The highest BCUT2D eigenvalue weighted by Crippen LogP contribution is 2.38. The van der Waals surface area contributed by atoms with Gasteiger partial charge in [-0.2, -0.15) is 13.2 Å². The van der Waals surface area contributed by atoms with Crippen molar-refractivity contribution in [2.24, 2.45) is 0 Å². The Morgan fingerprint density at radius 2 is 1.93 bits per heavy atom. The molecule has 0 bridgehead atoms. The molecule has 0 aliphatic carbocycles. The van der Waals surface area contributed by atoms with Crippen LogP contribution in [-0.2, 0) is 17.5 Å². The van der Waals surface area contributed by atoms with Crippen LogP contribution >= 0.6 is 15.9 Å². The first kappa shape index (κ1) is 19.5. The van der Waals surface area contributed by atoms with Gasteiger partial charge in [0.15, 0.2) is 0 Å². The smallest absolute Gasteiger partial charge is 0.416 e. The van der Waals surface area contributed by atoms with E-state index in [0.717, 1.165) is 22.2 Å². The van der Waals surface area contributed by atoms with Crippen LogP contribution in [-0.4, -0.2) is 17.0 Å². The summed E-state index contributed by atoms with van der Waals surface area (Å²) in [5.41, 5.74) is 7.18. The monoisotopic (exact) mass is 442 g/mol. The van der Waals surface area contributed by atoms with Gasteiger partial charge in [-0.15, -0.1) is 0 Å². The highest BCUT2D eigenvalue weighted by Gasteiger charge is 2.41. The van der Waals surface area contributed by atoms with Crippen molar-refractivity contribution in [2.75, 3.05) is 5.73 Å². The minimum Gasteiger partial charge on any atom is -0.439 e. The molecule has 1 amide bonds. The van der Waals surface area contributed by atoms with Gasteiger partial charge < -0.3 is 10.5 Å². The maximum absolute atomic E-state index is 13.1. The minimum atomic E-state index is -4.46. The molecule has 2 N–H and O–H groups in total. The number of hydrogen-bond acceptors (Lipinski definition) is 3. The van der Waals surface area contributed by atoms with Crippen LogP contribution < -0.4 is 5.73 Å². The van der Waals surface area contributed by atoms with Gasteiger partial charge in [0, 0.05) is 10.2 Å². The Morgan fingerprint density at radius 3 is 2.59 bits per heavy atom. The van der Waals surface area contributed by atoms with Crippen LogP contribution in [0.1, 0.15) is 35.3 Å². The topological polar surface area (TPSA) is 55.6 Å². The van der Waals surface area contributed by atoms with Crippen LogP contribution in [0.3, 0.4) is 0 Å². The number of benzene rings is 2. The molecule has 4 nitrogen and oxygen atoms in total. The number of nitrogens with two attached hydrogens (primary N) is 1. The number of alkyl halides is 3. The number of cyclic esters (lactones) is 1. The van der Waals surface area contributed by atoms with Gasteiger partial charge in [0.05, 0.1) is 18.2 Å². The molecule has 0 aromatic heterocycles. The number of carbonyl (C=O) groups is 1.